The van der Waals surface area contributed by atoms with Crippen LogP contribution in [-0.2, 0) is 4.79 Å². The van der Waals surface area contributed by atoms with Crippen molar-refractivity contribution in [3.63, 3.8) is 0 Å². The number of benzene rings is 2. The summed E-state index contributed by atoms with van der Waals surface area (Å²) >= 11 is 0. The third-order valence-electron chi connectivity index (χ3n) is 3.53. The van der Waals surface area contributed by atoms with Crippen LogP contribution in [0.2, 0.25) is 0 Å². The molecule has 0 bridgehead atoms. The number of likely N-dealkylation sites (N-methyl/N-ethyl adjacent to an activating group) is 1. The minimum atomic E-state index is -0.121. The van der Waals surface area contributed by atoms with Crippen LogP contribution in [0.4, 0.5) is 0 Å². The Kier molecular flexibility index (Phi) is 3.74. The smallest absolute Gasteiger partial charge is 0.277 e. The number of nitrogens with zero attached hydrogens (tertiary/aromatic N) is 2. The van der Waals surface area contributed by atoms with Gasteiger partial charge in [-0.15, -0.1) is 0 Å². The molecule has 0 fully saturated rings. The number of rotatable bonds is 3. The first-order valence-corrected chi connectivity index (χ1v) is 6.97. The Morgan fingerprint density at radius 1 is 1.05 bits per heavy atom. The van der Waals surface area contributed by atoms with Gasteiger partial charge in [0.1, 0.15) is 17.3 Å². The summed E-state index contributed by atoms with van der Waals surface area (Å²) in [5.41, 5.74) is 2.16. The van der Waals surface area contributed by atoms with Crippen LogP contribution in [0.1, 0.15) is 11.1 Å². The van der Waals surface area contributed by atoms with Crippen molar-refractivity contribution in [3.05, 3.63) is 71.4 Å². The Morgan fingerprint density at radius 2 is 1.73 bits per heavy atom. The van der Waals surface area contributed by atoms with E-state index in [1.165, 1.54) is 0 Å². The Balaban J connectivity index is 2.03. The molecule has 0 spiro atoms. The van der Waals surface area contributed by atoms with Crippen LogP contribution in [0.15, 0.2) is 65.3 Å². The molecule has 0 aliphatic carbocycles. The minimum absolute atomic E-state index is 0.121. The molecule has 0 unspecified atom stereocenters. The lowest BCUT2D eigenvalue weighted by atomic mass is 10.1. The Bertz CT molecular complexity index is 764. The molecule has 1 aliphatic heterocycles. The van der Waals surface area contributed by atoms with Crippen LogP contribution in [0.3, 0.4) is 0 Å². The van der Waals surface area contributed by atoms with E-state index in [1.807, 2.05) is 54.6 Å². The van der Waals surface area contributed by atoms with Gasteiger partial charge < -0.3 is 4.74 Å². The highest BCUT2D eigenvalue weighted by Gasteiger charge is 2.27. The average molecular weight is 292 g/mol. The molecule has 0 atom stereocenters. The third kappa shape index (κ3) is 2.51. The van der Waals surface area contributed by atoms with E-state index in [9.17, 15) is 4.79 Å². The minimum Gasteiger partial charge on any atom is -0.496 e. The predicted molar refractivity (Wildman–Crippen MR) is 86.7 cm³/mol. The highest BCUT2D eigenvalue weighted by molar-refractivity contribution is 6.19. The zero-order chi connectivity index (χ0) is 15.5. The number of carbonyl (C=O) groups is 1. The Labute approximate surface area is 129 Å². The standard InChI is InChI=1S/C18H16N2O2/c1-20-17(13-8-4-3-5-9-13)19-15(18(20)21)12-14-10-6-7-11-16(14)22-2/h3-12H,1-2H3/b15-12-. The van der Waals surface area contributed by atoms with E-state index in [0.29, 0.717) is 17.3 Å². The maximum Gasteiger partial charge on any atom is 0.277 e. The van der Waals surface area contributed by atoms with Crippen LogP contribution in [0.5, 0.6) is 5.75 Å². The molecule has 3 rings (SSSR count). The second-order valence-electron chi connectivity index (χ2n) is 4.94. The first-order chi connectivity index (χ1) is 10.7. The molecule has 0 N–H and O–H groups in total. The van der Waals surface area contributed by atoms with E-state index in [2.05, 4.69) is 4.99 Å². The topological polar surface area (TPSA) is 41.9 Å². The molecule has 22 heavy (non-hydrogen) atoms. The lowest BCUT2D eigenvalue weighted by molar-refractivity contribution is -0.121. The van der Waals surface area contributed by atoms with Gasteiger partial charge >= 0.3 is 0 Å². The van der Waals surface area contributed by atoms with Gasteiger partial charge in [0.2, 0.25) is 0 Å². The molecule has 0 saturated carbocycles. The van der Waals surface area contributed by atoms with Gasteiger partial charge in [0.05, 0.1) is 7.11 Å². The number of carbonyl (C=O) groups excluding carboxylic acids is 1. The predicted octanol–water partition coefficient (Wildman–Crippen LogP) is 2.95. The monoisotopic (exact) mass is 292 g/mol. The molecule has 1 heterocycles. The molecule has 1 aliphatic rings. The number of amidine groups is 1. The molecule has 0 aromatic heterocycles. The average Bonchev–Trinajstić information content (AvgIpc) is 2.85. The summed E-state index contributed by atoms with van der Waals surface area (Å²) in [6.45, 7) is 0. The van der Waals surface area contributed by atoms with Crippen molar-refractivity contribution in [2.75, 3.05) is 14.2 Å². The van der Waals surface area contributed by atoms with Crippen LogP contribution in [0, 0.1) is 0 Å². The molecule has 0 radical (unpaired) electrons. The summed E-state index contributed by atoms with van der Waals surface area (Å²) in [6, 6.07) is 17.2. The van der Waals surface area contributed by atoms with Crippen molar-refractivity contribution in [2.24, 2.45) is 4.99 Å². The summed E-state index contributed by atoms with van der Waals surface area (Å²) in [5.74, 6) is 1.25. The second-order valence-corrected chi connectivity index (χ2v) is 4.94. The molecule has 110 valence electrons. The van der Waals surface area contributed by atoms with Crippen molar-refractivity contribution in [1.82, 2.24) is 4.90 Å². The number of methoxy groups -OCH3 is 1. The van der Waals surface area contributed by atoms with Crippen molar-refractivity contribution in [2.45, 2.75) is 0 Å². The van der Waals surface area contributed by atoms with E-state index in [-0.39, 0.29) is 5.91 Å². The zero-order valence-corrected chi connectivity index (χ0v) is 12.5. The third-order valence-corrected chi connectivity index (χ3v) is 3.53. The van der Waals surface area contributed by atoms with E-state index in [4.69, 9.17) is 4.74 Å². The fraction of sp³-hybridized carbons (Fsp3) is 0.111. The van der Waals surface area contributed by atoms with Gasteiger partial charge in [0.25, 0.3) is 5.91 Å². The number of aliphatic imine (C=N–C) groups is 1. The first kappa shape index (κ1) is 14.1. The highest BCUT2D eigenvalue weighted by Crippen LogP contribution is 2.25. The Morgan fingerprint density at radius 3 is 2.45 bits per heavy atom. The fourth-order valence-corrected chi connectivity index (χ4v) is 2.38. The number of amides is 1. The van der Waals surface area contributed by atoms with Gasteiger partial charge in [0.15, 0.2) is 0 Å². The van der Waals surface area contributed by atoms with E-state index < -0.39 is 0 Å². The summed E-state index contributed by atoms with van der Waals surface area (Å²) in [5, 5.41) is 0. The summed E-state index contributed by atoms with van der Waals surface area (Å²) in [4.78, 5) is 18.5. The maximum atomic E-state index is 12.4. The van der Waals surface area contributed by atoms with Gasteiger partial charge in [-0.1, -0.05) is 48.5 Å². The van der Waals surface area contributed by atoms with Gasteiger partial charge in [-0.25, -0.2) is 4.99 Å². The lowest BCUT2D eigenvalue weighted by Gasteiger charge is -2.11. The molecular weight excluding hydrogens is 276 g/mol. The molecule has 4 nitrogen and oxygen atoms in total. The fourth-order valence-electron chi connectivity index (χ4n) is 2.38. The van der Waals surface area contributed by atoms with Crippen LogP contribution >= 0.6 is 0 Å². The molecule has 2 aromatic rings. The molecule has 2 aromatic carbocycles. The quantitative estimate of drug-likeness (QED) is 0.816. The van der Waals surface area contributed by atoms with Gasteiger partial charge in [-0.3, -0.25) is 9.69 Å². The zero-order valence-electron chi connectivity index (χ0n) is 12.5. The number of hydrogen-bond acceptors (Lipinski definition) is 3. The number of ether oxygens (including phenoxy) is 1. The van der Waals surface area contributed by atoms with E-state index in [1.54, 1.807) is 25.1 Å². The van der Waals surface area contributed by atoms with Gasteiger partial charge in [-0.2, -0.15) is 0 Å². The van der Waals surface area contributed by atoms with Crippen LogP contribution in [0.25, 0.3) is 6.08 Å². The highest BCUT2D eigenvalue weighted by atomic mass is 16.5. The summed E-state index contributed by atoms with van der Waals surface area (Å²) in [6.07, 6.45) is 1.76. The van der Waals surface area contributed by atoms with Crippen LogP contribution < -0.4 is 4.74 Å². The van der Waals surface area contributed by atoms with Crippen molar-refractivity contribution >= 4 is 17.8 Å². The van der Waals surface area contributed by atoms with Gasteiger partial charge in [-0.05, 0) is 12.1 Å². The molecule has 0 saturated heterocycles. The molecule has 1 amide bonds. The number of hydrogen-bond donors (Lipinski definition) is 0. The van der Waals surface area contributed by atoms with E-state index >= 15 is 0 Å². The Hall–Kier alpha value is -2.88. The van der Waals surface area contributed by atoms with E-state index in [0.717, 1.165) is 11.1 Å². The van der Waals surface area contributed by atoms with Crippen LogP contribution in [-0.4, -0.2) is 30.8 Å². The van der Waals surface area contributed by atoms with Crippen molar-refractivity contribution in [3.8, 4) is 5.75 Å². The SMILES string of the molecule is COc1ccccc1/C=C1\N=C(c2ccccc2)N(C)C1=O. The first-order valence-electron chi connectivity index (χ1n) is 6.97. The summed E-state index contributed by atoms with van der Waals surface area (Å²) in [7, 11) is 3.34. The second kappa shape index (κ2) is 5.85. The van der Waals surface area contributed by atoms with Crippen molar-refractivity contribution < 1.29 is 9.53 Å². The van der Waals surface area contributed by atoms with Gasteiger partial charge in [0, 0.05) is 18.2 Å². The van der Waals surface area contributed by atoms with Crippen molar-refractivity contribution in [1.29, 1.82) is 0 Å². The normalized spacial score (nSPS) is 16.1. The molecule has 4 heteroatoms. The lowest BCUT2D eigenvalue weighted by Crippen LogP contribution is -2.28. The summed E-state index contributed by atoms with van der Waals surface area (Å²) < 4.78 is 5.31. The number of para-hydroxylation sites is 1. The maximum absolute atomic E-state index is 12.4. The molecular formula is C18H16N2O2. The largest absolute Gasteiger partial charge is 0.496 e.